The van der Waals surface area contributed by atoms with Gasteiger partial charge in [-0.05, 0) is 100 Å². The number of aryl methyl sites for hydroxylation is 1. The maximum atomic E-state index is 4.18. The van der Waals surface area contributed by atoms with E-state index < -0.39 is 0 Å². The molecule has 0 saturated heterocycles. The molecule has 0 bridgehead atoms. The number of allylic oxidation sites excluding steroid dienone is 6. The molecule has 4 aromatic carbocycles. The molecule has 4 aliphatic rings. The molecular formula is C42H34N2S. The van der Waals surface area contributed by atoms with Gasteiger partial charge in [0.1, 0.15) is 0 Å². The van der Waals surface area contributed by atoms with Crippen LogP contribution in [0.5, 0.6) is 0 Å². The number of rotatable bonds is 3. The predicted octanol–water partition coefficient (Wildman–Crippen LogP) is 11.4. The van der Waals surface area contributed by atoms with E-state index in [2.05, 4.69) is 137 Å². The molecule has 3 aliphatic carbocycles. The minimum Gasteiger partial charge on any atom is -0.364 e. The van der Waals surface area contributed by atoms with Gasteiger partial charge in [0, 0.05) is 27.4 Å². The number of benzene rings is 4. The van der Waals surface area contributed by atoms with Gasteiger partial charge >= 0.3 is 0 Å². The van der Waals surface area contributed by atoms with E-state index >= 15 is 0 Å². The van der Waals surface area contributed by atoms with Gasteiger partial charge < -0.3 is 9.88 Å². The van der Waals surface area contributed by atoms with Crippen molar-refractivity contribution in [2.24, 2.45) is 5.92 Å². The molecule has 0 amide bonds. The fourth-order valence-corrected chi connectivity index (χ4v) is 9.43. The van der Waals surface area contributed by atoms with Gasteiger partial charge in [0.05, 0.1) is 16.6 Å². The van der Waals surface area contributed by atoms with Crippen LogP contribution in [0, 0.1) is 5.92 Å². The number of hydrogen-bond donors (Lipinski definition) is 1. The van der Waals surface area contributed by atoms with Crippen molar-refractivity contribution in [1.29, 1.82) is 0 Å². The van der Waals surface area contributed by atoms with E-state index in [1.807, 2.05) is 11.3 Å². The van der Waals surface area contributed by atoms with Crippen LogP contribution in [0.25, 0.3) is 43.5 Å². The molecule has 218 valence electrons. The van der Waals surface area contributed by atoms with Gasteiger partial charge in [-0.3, -0.25) is 0 Å². The third-order valence-electron chi connectivity index (χ3n) is 10.6. The van der Waals surface area contributed by atoms with Crippen LogP contribution in [0.15, 0.2) is 121 Å². The molecule has 2 aromatic heterocycles. The van der Waals surface area contributed by atoms with Gasteiger partial charge in [-0.1, -0.05) is 103 Å². The molecule has 45 heavy (non-hydrogen) atoms. The van der Waals surface area contributed by atoms with E-state index in [0.29, 0.717) is 17.8 Å². The summed E-state index contributed by atoms with van der Waals surface area (Å²) in [5.41, 5.74) is 9.79. The molecule has 0 spiro atoms. The lowest BCUT2D eigenvalue weighted by atomic mass is 9.89. The van der Waals surface area contributed by atoms with Crippen LogP contribution in [0.3, 0.4) is 0 Å². The largest absolute Gasteiger partial charge is 0.364 e. The van der Waals surface area contributed by atoms with Crippen molar-refractivity contribution in [1.82, 2.24) is 4.57 Å². The second-order valence-corrected chi connectivity index (χ2v) is 14.2. The monoisotopic (exact) mass is 598 g/mol. The SMILES string of the molecule is C1=CCC(c2cccc(C3Nc4sc5ccccc5c4CC/C=C\3n3c4c(c5cc6ccccc6cc53)C3CC3C=C4)c2)C=C1. The lowest BCUT2D eigenvalue weighted by molar-refractivity contribution is 0.838. The number of thiophene rings is 1. The molecule has 1 aliphatic heterocycles. The van der Waals surface area contributed by atoms with Crippen molar-refractivity contribution in [2.45, 2.75) is 43.6 Å². The number of hydrogen-bond acceptors (Lipinski definition) is 2. The van der Waals surface area contributed by atoms with Gasteiger partial charge in [-0.25, -0.2) is 0 Å². The summed E-state index contributed by atoms with van der Waals surface area (Å²) < 4.78 is 4.00. The zero-order valence-corrected chi connectivity index (χ0v) is 25.9. The smallest absolute Gasteiger partial charge is 0.0935 e. The first kappa shape index (κ1) is 25.7. The highest BCUT2D eigenvalue weighted by Crippen LogP contribution is 2.57. The average Bonchev–Trinajstić information content (AvgIpc) is 3.71. The van der Waals surface area contributed by atoms with Crippen LogP contribution >= 0.6 is 11.3 Å². The van der Waals surface area contributed by atoms with Crippen molar-refractivity contribution in [3.05, 3.63) is 149 Å². The molecule has 1 fully saturated rings. The molecular weight excluding hydrogens is 565 g/mol. The first-order chi connectivity index (χ1) is 22.3. The quantitative estimate of drug-likeness (QED) is 0.214. The summed E-state index contributed by atoms with van der Waals surface area (Å²) in [4.78, 5) is 0. The van der Waals surface area contributed by atoms with Crippen LogP contribution in [0.2, 0.25) is 0 Å². The van der Waals surface area contributed by atoms with Gasteiger partial charge in [0.2, 0.25) is 0 Å². The lowest BCUT2D eigenvalue weighted by Gasteiger charge is -2.29. The van der Waals surface area contributed by atoms with Crippen molar-refractivity contribution in [3.63, 3.8) is 0 Å². The second-order valence-electron chi connectivity index (χ2n) is 13.2. The predicted molar refractivity (Wildman–Crippen MR) is 192 cm³/mol. The Balaban J connectivity index is 1.21. The fraction of sp³-hybridized carbons (Fsp3) is 0.190. The van der Waals surface area contributed by atoms with Crippen LogP contribution in [0.4, 0.5) is 5.00 Å². The molecule has 10 rings (SSSR count). The second kappa shape index (κ2) is 9.95. The third kappa shape index (κ3) is 4.07. The zero-order chi connectivity index (χ0) is 29.5. The number of anilines is 1. The van der Waals surface area contributed by atoms with E-state index in [9.17, 15) is 0 Å². The Kier molecular flexibility index (Phi) is 5.68. The maximum absolute atomic E-state index is 4.18. The summed E-state index contributed by atoms with van der Waals surface area (Å²) in [5.74, 6) is 1.75. The molecule has 6 aromatic rings. The van der Waals surface area contributed by atoms with Crippen LogP contribution < -0.4 is 5.32 Å². The normalized spacial score (nSPS) is 24.4. The molecule has 3 heterocycles. The van der Waals surface area contributed by atoms with Crippen LogP contribution in [0.1, 0.15) is 65.1 Å². The minimum absolute atomic E-state index is 0.0108. The summed E-state index contributed by atoms with van der Waals surface area (Å²) in [6.07, 6.45) is 20.8. The van der Waals surface area contributed by atoms with Gasteiger partial charge in [-0.15, -0.1) is 11.3 Å². The van der Waals surface area contributed by atoms with E-state index in [1.165, 1.54) is 71.3 Å². The van der Waals surface area contributed by atoms with Crippen LogP contribution in [-0.4, -0.2) is 4.57 Å². The summed E-state index contributed by atoms with van der Waals surface area (Å²) in [5, 5.41) is 10.9. The molecule has 1 saturated carbocycles. The molecule has 4 unspecified atom stereocenters. The number of fused-ring (bicyclic) bond motifs is 9. The Morgan fingerprint density at radius 2 is 1.67 bits per heavy atom. The molecule has 0 radical (unpaired) electrons. The lowest BCUT2D eigenvalue weighted by Crippen LogP contribution is -2.19. The zero-order valence-electron chi connectivity index (χ0n) is 25.1. The average molecular weight is 599 g/mol. The Hall–Kier alpha value is -4.60. The van der Waals surface area contributed by atoms with Crippen molar-refractivity contribution in [2.75, 3.05) is 5.32 Å². The van der Waals surface area contributed by atoms with E-state index in [4.69, 9.17) is 0 Å². The summed E-state index contributed by atoms with van der Waals surface area (Å²) in [6, 6.07) is 32.1. The van der Waals surface area contributed by atoms with Crippen LogP contribution in [-0.2, 0) is 6.42 Å². The van der Waals surface area contributed by atoms with Crippen molar-refractivity contribution < 1.29 is 0 Å². The third-order valence-corrected chi connectivity index (χ3v) is 11.7. The Morgan fingerprint density at radius 1 is 0.800 bits per heavy atom. The number of nitrogens with one attached hydrogen (secondary N) is 1. The van der Waals surface area contributed by atoms with Crippen molar-refractivity contribution >= 4 is 59.9 Å². The highest BCUT2D eigenvalue weighted by Gasteiger charge is 2.43. The molecule has 1 N–H and O–H groups in total. The Morgan fingerprint density at radius 3 is 2.58 bits per heavy atom. The first-order valence-electron chi connectivity index (χ1n) is 16.5. The topological polar surface area (TPSA) is 17.0 Å². The molecule has 3 heteroatoms. The van der Waals surface area contributed by atoms with Gasteiger partial charge in [0.15, 0.2) is 0 Å². The molecule has 4 atom stereocenters. The minimum atomic E-state index is 0.0108. The number of nitrogens with zero attached hydrogens (tertiary/aromatic N) is 1. The van der Waals surface area contributed by atoms with Gasteiger partial charge in [-0.2, -0.15) is 0 Å². The summed E-state index contributed by atoms with van der Waals surface area (Å²) in [6.45, 7) is 0. The van der Waals surface area contributed by atoms with E-state index in [-0.39, 0.29) is 6.04 Å². The first-order valence-corrected chi connectivity index (χ1v) is 17.3. The van der Waals surface area contributed by atoms with E-state index in [0.717, 1.165) is 19.3 Å². The van der Waals surface area contributed by atoms with Gasteiger partial charge in [0.25, 0.3) is 0 Å². The standard InChI is InChI=1S/C42H34N2S/c1-2-10-26(11-3-1)27-14-8-15-31(22-27)41-37(18-9-17-33-32-16-6-7-19-39(32)45-42(33)43-41)44-36-21-20-30-24-34(30)40(36)35-23-28-12-4-5-13-29(28)25-38(35)44/h1-8,10,12-16,18-23,25-26,30,34,41,43H,9,11,17,24H2/b37-18+. The Bertz CT molecular complexity index is 2290. The highest BCUT2D eigenvalue weighted by atomic mass is 32.1. The highest BCUT2D eigenvalue weighted by molar-refractivity contribution is 7.23. The summed E-state index contributed by atoms with van der Waals surface area (Å²) in [7, 11) is 0. The molecule has 2 nitrogen and oxygen atoms in total. The number of aromatic nitrogens is 1. The maximum Gasteiger partial charge on any atom is 0.0935 e. The fourth-order valence-electron chi connectivity index (χ4n) is 8.25. The van der Waals surface area contributed by atoms with Crippen molar-refractivity contribution in [3.8, 4) is 0 Å². The van der Waals surface area contributed by atoms with E-state index in [1.54, 1.807) is 5.56 Å². The Labute approximate surface area is 267 Å². The summed E-state index contributed by atoms with van der Waals surface area (Å²) >= 11 is 1.91.